The van der Waals surface area contributed by atoms with E-state index < -0.39 is 5.97 Å². The van der Waals surface area contributed by atoms with Crippen molar-refractivity contribution in [2.45, 2.75) is 13.8 Å². The Kier molecular flexibility index (Phi) is 4.30. The molecule has 1 fully saturated rings. The molecule has 1 aromatic carbocycles. The van der Waals surface area contributed by atoms with Crippen LogP contribution in [0.15, 0.2) is 34.8 Å². The second kappa shape index (κ2) is 5.70. The summed E-state index contributed by atoms with van der Waals surface area (Å²) in [7, 11) is 0. The van der Waals surface area contributed by atoms with Crippen molar-refractivity contribution in [1.82, 2.24) is 0 Å². The predicted octanol–water partition coefficient (Wildman–Crippen LogP) is 2.58. The van der Waals surface area contributed by atoms with E-state index in [1.165, 1.54) is 24.3 Å². The molecule has 4 nitrogen and oxygen atoms in total. The molecule has 1 aliphatic carbocycles. The lowest BCUT2D eigenvalue weighted by Gasteiger charge is -2.07. The minimum atomic E-state index is -1.25. The van der Waals surface area contributed by atoms with Gasteiger partial charge in [0.25, 0.3) is 0 Å². The topological polar surface area (TPSA) is 69.2 Å². The first kappa shape index (κ1) is 15.9. The van der Waals surface area contributed by atoms with Gasteiger partial charge in [0.2, 0.25) is 5.91 Å². The summed E-state index contributed by atoms with van der Waals surface area (Å²) in [4.78, 5) is 22.9. The average molecular weight is 327 g/mol. The lowest BCUT2D eigenvalue weighted by atomic mass is 10.1. The number of allylic oxidation sites excluding steroid dienone is 1. The molecule has 2 rings (SSSR count). The molecule has 1 N–H and O–H groups in total. The van der Waals surface area contributed by atoms with Crippen LogP contribution in [0.5, 0.6) is 0 Å². The van der Waals surface area contributed by atoms with Crippen molar-refractivity contribution in [2.24, 2.45) is 17.3 Å². The molecule has 6 heteroatoms. The molecule has 112 valence electrons. The van der Waals surface area contributed by atoms with Crippen LogP contribution in [0.3, 0.4) is 0 Å². The van der Waals surface area contributed by atoms with Crippen LogP contribution in [0.1, 0.15) is 24.2 Å². The molecule has 0 saturated heterocycles. The number of aromatic carboxylic acids is 1. The second-order valence-electron chi connectivity index (χ2n) is 5.64. The second-order valence-corrected chi connectivity index (χ2v) is 6.64. The molecule has 1 amide bonds. The molecule has 1 aromatic rings. The van der Waals surface area contributed by atoms with E-state index >= 15 is 0 Å². The zero-order chi connectivity index (χ0) is 15.8. The van der Waals surface area contributed by atoms with E-state index in [1.807, 2.05) is 13.8 Å². The molecule has 0 aromatic heterocycles. The van der Waals surface area contributed by atoms with Crippen LogP contribution in [-0.4, -0.2) is 11.9 Å². The Balaban J connectivity index is 2.05. The van der Waals surface area contributed by atoms with Gasteiger partial charge in [-0.3, -0.25) is 4.79 Å². The van der Waals surface area contributed by atoms with Gasteiger partial charge in [-0.15, -0.1) is 0 Å². The van der Waals surface area contributed by atoms with Crippen molar-refractivity contribution in [3.8, 4) is 0 Å². The summed E-state index contributed by atoms with van der Waals surface area (Å²) < 4.78 is 0.154. The van der Waals surface area contributed by atoms with Crippen LogP contribution >= 0.6 is 23.2 Å². The highest BCUT2D eigenvalue weighted by Gasteiger charge is 2.60. The first-order valence-electron chi connectivity index (χ1n) is 6.38. The number of carboxylic acid groups (broad SMARTS) is 1. The normalized spacial score (nSPS) is 22.3. The van der Waals surface area contributed by atoms with Crippen molar-refractivity contribution < 1.29 is 14.7 Å². The number of nitrogens with one attached hydrogen (secondary N) is 1. The maximum absolute atomic E-state index is 12.2. The van der Waals surface area contributed by atoms with Gasteiger partial charge in [0.1, 0.15) is 4.49 Å². The largest absolute Gasteiger partial charge is 0.545 e. The van der Waals surface area contributed by atoms with Crippen molar-refractivity contribution in [2.75, 3.05) is 5.32 Å². The highest BCUT2D eigenvalue weighted by molar-refractivity contribution is 6.55. The molecular formula is C15H14Cl2NO3-. The number of carboxylic acids is 1. The number of carbonyl (C=O) groups excluding carboxylic acids is 2. The van der Waals surface area contributed by atoms with Gasteiger partial charge in [-0.2, -0.15) is 0 Å². The Morgan fingerprint density at radius 2 is 1.81 bits per heavy atom. The first-order chi connectivity index (χ1) is 9.73. The Morgan fingerprint density at radius 1 is 1.24 bits per heavy atom. The summed E-state index contributed by atoms with van der Waals surface area (Å²) >= 11 is 11.3. The number of rotatable bonds is 4. The van der Waals surface area contributed by atoms with E-state index in [4.69, 9.17) is 23.2 Å². The molecule has 1 aliphatic rings. The zero-order valence-electron chi connectivity index (χ0n) is 11.5. The molecule has 0 spiro atoms. The third kappa shape index (κ3) is 3.39. The van der Waals surface area contributed by atoms with Crippen LogP contribution in [0, 0.1) is 17.3 Å². The fraction of sp³-hybridized carbons (Fsp3) is 0.333. The monoisotopic (exact) mass is 326 g/mol. The molecule has 1 saturated carbocycles. The summed E-state index contributed by atoms with van der Waals surface area (Å²) in [6.07, 6.45) is 1.67. The quantitative estimate of drug-likeness (QED) is 0.924. The Labute approximate surface area is 132 Å². The Hall–Kier alpha value is -1.52. The third-order valence-electron chi connectivity index (χ3n) is 3.89. The van der Waals surface area contributed by atoms with Crippen LogP contribution in [0.25, 0.3) is 0 Å². The highest BCUT2D eigenvalue weighted by Crippen LogP contribution is 2.59. The minimum Gasteiger partial charge on any atom is -0.545 e. The standard InChI is InChI=1S/C15H15Cl2NO3/c1-15(2)10(7-11(16)17)12(15)13(19)18-9-5-3-8(4-6-9)14(20)21/h3-7,10,12H,1-2H3,(H,18,19)(H,20,21)/p-1/t10-,12+/m1/s1. The van der Waals surface area contributed by atoms with Crippen LogP contribution < -0.4 is 10.4 Å². The smallest absolute Gasteiger partial charge is 0.228 e. The van der Waals surface area contributed by atoms with Crippen LogP contribution in [-0.2, 0) is 4.79 Å². The van der Waals surface area contributed by atoms with E-state index in [0.717, 1.165) is 0 Å². The fourth-order valence-electron chi connectivity index (χ4n) is 2.53. The maximum atomic E-state index is 12.2. The first-order valence-corrected chi connectivity index (χ1v) is 7.14. The molecular weight excluding hydrogens is 313 g/mol. The maximum Gasteiger partial charge on any atom is 0.228 e. The van der Waals surface area contributed by atoms with E-state index in [-0.39, 0.29) is 33.2 Å². The third-order valence-corrected chi connectivity index (χ3v) is 4.14. The van der Waals surface area contributed by atoms with Gasteiger partial charge in [0, 0.05) is 5.69 Å². The van der Waals surface area contributed by atoms with Gasteiger partial charge in [-0.1, -0.05) is 49.2 Å². The zero-order valence-corrected chi connectivity index (χ0v) is 13.0. The highest BCUT2D eigenvalue weighted by atomic mass is 35.5. The molecule has 0 aliphatic heterocycles. The summed E-state index contributed by atoms with van der Waals surface area (Å²) in [5, 5.41) is 13.4. The Morgan fingerprint density at radius 3 is 2.29 bits per heavy atom. The fourth-order valence-corrected chi connectivity index (χ4v) is 2.81. The van der Waals surface area contributed by atoms with Gasteiger partial charge in [0.05, 0.1) is 11.9 Å². The number of amides is 1. The number of anilines is 1. The van der Waals surface area contributed by atoms with Gasteiger partial charge in [-0.05, 0) is 35.1 Å². The summed E-state index contributed by atoms with van der Waals surface area (Å²) in [6, 6.07) is 5.82. The van der Waals surface area contributed by atoms with E-state index in [0.29, 0.717) is 5.69 Å². The number of carbonyl (C=O) groups is 2. The summed E-state index contributed by atoms with van der Waals surface area (Å²) in [5.74, 6) is -1.62. The lowest BCUT2D eigenvalue weighted by Crippen LogP contribution is -2.22. The van der Waals surface area contributed by atoms with Crippen molar-refractivity contribution >= 4 is 40.8 Å². The molecule has 2 atom stereocenters. The van der Waals surface area contributed by atoms with Crippen LogP contribution in [0.4, 0.5) is 5.69 Å². The summed E-state index contributed by atoms with van der Waals surface area (Å²) in [6.45, 7) is 3.93. The number of hydrogen-bond donors (Lipinski definition) is 1. The van der Waals surface area contributed by atoms with Gasteiger partial charge in [-0.25, -0.2) is 0 Å². The van der Waals surface area contributed by atoms with Gasteiger partial charge >= 0.3 is 0 Å². The number of halogens is 2. The summed E-state index contributed by atoms with van der Waals surface area (Å²) in [5.41, 5.74) is 0.395. The van der Waals surface area contributed by atoms with E-state index in [1.54, 1.807) is 6.08 Å². The van der Waals surface area contributed by atoms with Crippen molar-refractivity contribution in [3.63, 3.8) is 0 Å². The molecule has 0 heterocycles. The van der Waals surface area contributed by atoms with E-state index in [9.17, 15) is 14.7 Å². The van der Waals surface area contributed by atoms with Crippen molar-refractivity contribution in [3.05, 3.63) is 40.4 Å². The van der Waals surface area contributed by atoms with Crippen molar-refractivity contribution in [1.29, 1.82) is 0 Å². The minimum absolute atomic E-state index is 0.00927. The predicted molar refractivity (Wildman–Crippen MR) is 80.0 cm³/mol. The molecule has 0 unspecified atom stereocenters. The lowest BCUT2D eigenvalue weighted by molar-refractivity contribution is -0.255. The van der Waals surface area contributed by atoms with E-state index in [2.05, 4.69) is 5.32 Å². The molecule has 0 bridgehead atoms. The molecule has 21 heavy (non-hydrogen) atoms. The number of hydrogen-bond acceptors (Lipinski definition) is 3. The van der Waals surface area contributed by atoms with Gasteiger partial charge < -0.3 is 15.2 Å². The SMILES string of the molecule is CC1(C)[C@H](C=C(Cl)Cl)[C@H]1C(=O)Nc1ccc(C(=O)[O-])cc1. The van der Waals surface area contributed by atoms with Gasteiger partial charge in [0.15, 0.2) is 0 Å². The average Bonchev–Trinajstić information content (AvgIpc) is 2.90. The van der Waals surface area contributed by atoms with Crippen LogP contribution in [0.2, 0.25) is 0 Å². The number of benzene rings is 1. The molecule has 0 radical (unpaired) electrons. The Bertz CT molecular complexity index is 604.